The molecule has 3 rings (SSSR count). The molecular weight excluding hydrogens is 354 g/mol. The van der Waals surface area contributed by atoms with Crippen LogP contribution < -0.4 is 17.2 Å². The number of nitrogens with zero attached hydrogens (tertiary/aromatic N) is 3. The second-order valence-electron chi connectivity index (χ2n) is 4.92. The zero-order valence-corrected chi connectivity index (χ0v) is 13.3. The summed E-state index contributed by atoms with van der Waals surface area (Å²) in [4.78, 5) is 11.8. The molecule has 0 atom stereocenters. The van der Waals surface area contributed by atoms with Gasteiger partial charge < -0.3 is 21.6 Å². The van der Waals surface area contributed by atoms with Gasteiger partial charge in [0, 0.05) is 0 Å². The van der Waals surface area contributed by atoms with Gasteiger partial charge in [-0.25, -0.2) is 18.8 Å². The Morgan fingerprint density at radius 1 is 1.08 bits per heavy atom. The number of hydrogen-bond donors (Lipinski definition) is 3. The third-order valence-electron chi connectivity index (χ3n) is 3.10. The third kappa shape index (κ3) is 3.50. The van der Waals surface area contributed by atoms with Gasteiger partial charge in [0.25, 0.3) is 0 Å². The van der Waals surface area contributed by atoms with E-state index in [1.54, 1.807) is 18.2 Å². The van der Waals surface area contributed by atoms with Crippen LogP contribution in [0, 0.1) is 11.6 Å². The van der Waals surface area contributed by atoms with Crippen molar-refractivity contribution in [2.75, 3.05) is 0 Å². The molecule has 0 aliphatic carbocycles. The van der Waals surface area contributed by atoms with Crippen molar-refractivity contribution in [2.45, 2.75) is 0 Å². The lowest BCUT2D eigenvalue weighted by Gasteiger charge is -2.00. The van der Waals surface area contributed by atoms with Crippen LogP contribution in [0.5, 0.6) is 0 Å². The first kappa shape index (κ1) is 16.7. The van der Waals surface area contributed by atoms with Crippen molar-refractivity contribution in [3.63, 3.8) is 0 Å². The lowest BCUT2D eigenvalue weighted by atomic mass is 10.2. The van der Waals surface area contributed by atoms with Gasteiger partial charge in [-0.3, -0.25) is 0 Å². The Morgan fingerprint density at radius 2 is 1.80 bits per heavy atom. The fourth-order valence-corrected chi connectivity index (χ4v) is 2.31. The Balaban J connectivity index is 2.04. The molecule has 0 spiro atoms. The van der Waals surface area contributed by atoms with E-state index in [1.165, 1.54) is 0 Å². The van der Waals surface area contributed by atoms with E-state index in [0.29, 0.717) is 16.8 Å². The van der Waals surface area contributed by atoms with Crippen LogP contribution in [-0.4, -0.2) is 16.9 Å². The number of halogens is 3. The number of fused-ring (bicyclic) bond motifs is 1. The maximum Gasteiger partial charge on any atom is 0.228 e. The van der Waals surface area contributed by atoms with Gasteiger partial charge in [-0.15, -0.1) is 0 Å². The molecule has 0 radical (unpaired) electrons. The van der Waals surface area contributed by atoms with Crippen molar-refractivity contribution in [2.24, 2.45) is 27.2 Å². The van der Waals surface area contributed by atoms with E-state index in [0.717, 1.165) is 12.1 Å². The van der Waals surface area contributed by atoms with E-state index < -0.39 is 11.6 Å². The molecule has 1 heterocycles. The molecule has 128 valence electrons. The zero-order valence-electron chi connectivity index (χ0n) is 12.5. The first-order chi connectivity index (χ1) is 11.8. The van der Waals surface area contributed by atoms with Crippen molar-refractivity contribution < 1.29 is 13.2 Å². The third-order valence-corrected chi connectivity index (χ3v) is 3.41. The number of benzene rings is 2. The quantitative estimate of drug-likeness (QED) is 0.365. The van der Waals surface area contributed by atoms with Gasteiger partial charge in [-0.05, 0) is 30.3 Å². The van der Waals surface area contributed by atoms with Crippen LogP contribution in [0.25, 0.3) is 22.6 Å². The van der Waals surface area contributed by atoms with E-state index in [2.05, 4.69) is 15.0 Å². The SMILES string of the molecule is NC(N)=NC(N)=Nc1ccc2oc(-c3cc(F)c(F)cc3Cl)nc2c1. The van der Waals surface area contributed by atoms with Gasteiger partial charge in [0.15, 0.2) is 23.2 Å². The molecule has 0 saturated heterocycles. The zero-order chi connectivity index (χ0) is 18.1. The number of hydrogen-bond acceptors (Lipinski definition) is 3. The second kappa shape index (κ2) is 6.36. The van der Waals surface area contributed by atoms with Crippen LogP contribution in [0.3, 0.4) is 0 Å². The van der Waals surface area contributed by atoms with Crippen LogP contribution in [0.1, 0.15) is 0 Å². The molecule has 0 aliphatic heterocycles. The minimum atomic E-state index is -1.06. The van der Waals surface area contributed by atoms with Crippen LogP contribution >= 0.6 is 11.6 Å². The standard InChI is InChI=1S/C15H11ClF2N6O/c16-8-5-10(18)9(17)4-7(8)13-23-11-3-6(1-2-12(11)25-13)22-15(21)24-14(19)20/h1-5H,(H6,19,20,21,22,24). The maximum atomic E-state index is 13.4. The summed E-state index contributed by atoms with van der Waals surface area (Å²) in [5.74, 6) is -2.43. The molecule has 0 unspecified atom stereocenters. The monoisotopic (exact) mass is 364 g/mol. The fraction of sp³-hybridized carbons (Fsp3) is 0. The number of aliphatic imine (C=N–C) groups is 2. The van der Waals surface area contributed by atoms with E-state index in [4.69, 9.17) is 33.2 Å². The maximum absolute atomic E-state index is 13.4. The van der Waals surface area contributed by atoms with Crippen molar-refractivity contribution in [1.82, 2.24) is 4.98 Å². The summed E-state index contributed by atoms with van der Waals surface area (Å²) in [7, 11) is 0. The highest BCUT2D eigenvalue weighted by atomic mass is 35.5. The van der Waals surface area contributed by atoms with E-state index in [9.17, 15) is 8.78 Å². The van der Waals surface area contributed by atoms with E-state index in [1.807, 2.05) is 0 Å². The van der Waals surface area contributed by atoms with Gasteiger partial charge in [0.05, 0.1) is 16.3 Å². The van der Waals surface area contributed by atoms with Crippen LogP contribution in [0.4, 0.5) is 14.5 Å². The van der Waals surface area contributed by atoms with Crippen molar-refractivity contribution in [3.8, 4) is 11.5 Å². The number of rotatable bonds is 2. The largest absolute Gasteiger partial charge is 0.436 e. The van der Waals surface area contributed by atoms with Crippen molar-refractivity contribution in [3.05, 3.63) is 47.0 Å². The number of oxazole rings is 1. The van der Waals surface area contributed by atoms with Gasteiger partial charge in [0.1, 0.15) is 5.52 Å². The van der Waals surface area contributed by atoms with Gasteiger partial charge in [-0.2, -0.15) is 4.99 Å². The molecule has 0 amide bonds. The van der Waals surface area contributed by atoms with Crippen LogP contribution in [0.2, 0.25) is 5.02 Å². The Morgan fingerprint density at radius 3 is 2.52 bits per heavy atom. The summed E-state index contributed by atoms with van der Waals surface area (Å²) in [5.41, 5.74) is 17.3. The molecule has 2 aromatic carbocycles. The topological polar surface area (TPSA) is 129 Å². The minimum absolute atomic E-state index is 0.0271. The molecule has 0 fully saturated rings. The second-order valence-corrected chi connectivity index (χ2v) is 5.33. The van der Waals surface area contributed by atoms with Gasteiger partial charge >= 0.3 is 0 Å². The Labute approximate surface area is 144 Å². The Kier molecular flexibility index (Phi) is 4.24. The van der Waals surface area contributed by atoms with Crippen LogP contribution in [0.15, 0.2) is 44.7 Å². The molecule has 0 saturated carbocycles. The highest BCUT2D eigenvalue weighted by Gasteiger charge is 2.15. The molecule has 1 aromatic heterocycles. The summed E-state index contributed by atoms with van der Waals surface area (Å²) >= 11 is 5.93. The van der Waals surface area contributed by atoms with Crippen molar-refractivity contribution >= 4 is 40.3 Å². The first-order valence-electron chi connectivity index (χ1n) is 6.83. The summed E-state index contributed by atoms with van der Waals surface area (Å²) in [6.45, 7) is 0. The first-order valence-corrected chi connectivity index (χ1v) is 7.20. The molecule has 6 N–H and O–H groups in total. The lowest BCUT2D eigenvalue weighted by molar-refractivity contribution is 0.508. The fourth-order valence-electron chi connectivity index (χ4n) is 2.08. The number of aromatic nitrogens is 1. The molecule has 0 aliphatic rings. The minimum Gasteiger partial charge on any atom is -0.436 e. The average molecular weight is 365 g/mol. The molecular formula is C15H11ClF2N6O. The smallest absolute Gasteiger partial charge is 0.228 e. The summed E-state index contributed by atoms with van der Waals surface area (Å²) in [6, 6.07) is 6.51. The molecule has 10 heteroatoms. The predicted molar refractivity (Wildman–Crippen MR) is 91.5 cm³/mol. The lowest BCUT2D eigenvalue weighted by Crippen LogP contribution is -2.26. The molecule has 7 nitrogen and oxygen atoms in total. The number of guanidine groups is 2. The van der Waals surface area contributed by atoms with Crippen LogP contribution in [-0.2, 0) is 0 Å². The van der Waals surface area contributed by atoms with Crippen molar-refractivity contribution in [1.29, 1.82) is 0 Å². The normalized spacial score (nSPS) is 11.7. The molecule has 25 heavy (non-hydrogen) atoms. The Bertz CT molecular complexity index is 1030. The molecule has 0 bridgehead atoms. The van der Waals surface area contributed by atoms with Gasteiger partial charge in [-0.1, -0.05) is 11.6 Å². The van der Waals surface area contributed by atoms with Gasteiger partial charge in [0.2, 0.25) is 11.9 Å². The van der Waals surface area contributed by atoms with E-state index >= 15 is 0 Å². The predicted octanol–water partition coefficient (Wildman–Crippen LogP) is 2.65. The average Bonchev–Trinajstić information content (AvgIpc) is 2.92. The summed E-state index contributed by atoms with van der Waals surface area (Å²) < 4.78 is 32.1. The van der Waals surface area contributed by atoms with E-state index in [-0.39, 0.29) is 28.4 Å². The number of nitrogens with two attached hydrogens (primary N) is 3. The summed E-state index contributed by atoms with van der Waals surface area (Å²) in [5, 5.41) is -0.0271. The summed E-state index contributed by atoms with van der Waals surface area (Å²) in [6.07, 6.45) is 0. The molecule has 3 aromatic rings. The highest BCUT2D eigenvalue weighted by molar-refractivity contribution is 6.33. The highest BCUT2D eigenvalue weighted by Crippen LogP contribution is 2.32. The Hall–Kier alpha value is -3.20.